The Labute approximate surface area is 205 Å². The van der Waals surface area contributed by atoms with E-state index in [2.05, 4.69) is 9.98 Å². The Hall–Kier alpha value is -2.68. The van der Waals surface area contributed by atoms with E-state index in [-0.39, 0.29) is 25.4 Å². The molecule has 1 saturated heterocycles. The zero-order chi connectivity index (χ0) is 24.8. The highest BCUT2D eigenvalue weighted by molar-refractivity contribution is 8.03. The standard InChI is InChI=1S/C25H33N3O5S/c1-5-32-22(30)18-10-9-14-26-21(18)34-19-12-15-27-25(19,23(31)33-24(2,3)4)13-11-20(29)28-16-7-6-8-17-28/h9-10,12,14-15H,5-8,11,13,16-17H2,1-4H3. The van der Waals surface area contributed by atoms with Crippen LogP contribution in [0.1, 0.15) is 70.2 Å². The van der Waals surface area contributed by atoms with E-state index in [0.717, 1.165) is 32.4 Å². The number of likely N-dealkylation sites (tertiary alicyclic amines) is 1. The van der Waals surface area contributed by atoms with Crippen LogP contribution in [0.3, 0.4) is 0 Å². The summed E-state index contributed by atoms with van der Waals surface area (Å²) in [6.07, 6.45) is 8.34. The molecule has 0 spiro atoms. The number of allylic oxidation sites excluding steroid dienone is 1. The van der Waals surface area contributed by atoms with Crippen LogP contribution in [-0.2, 0) is 19.1 Å². The zero-order valence-electron chi connectivity index (χ0n) is 20.3. The molecule has 184 valence electrons. The largest absolute Gasteiger partial charge is 0.462 e. The number of ether oxygens (including phenoxy) is 2. The molecule has 1 unspecified atom stereocenters. The van der Waals surface area contributed by atoms with Crippen LogP contribution in [0.15, 0.2) is 39.3 Å². The first-order chi connectivity index (χ1) is 16.2. The normalized spacial score (nSPS) is 20.1. The minimum absolute atomic E-state index is 0.0131. The minimum atomic E-state index is -1.37. The number of rotatable bonds is 8. The first kappa shape index (κ1) is 25.9. The van der Waals surface area contributed by atoms with Gasteiger partial charge in [-0.25, -0.2) is 14.6 Å². The number of pyridine rings is 1. The van der Waals surface area contributed by atoms with E-state index in [9.17, 15) is 14.4 Å². The highest BCUT2D eigenvalue weighted by atomic mass is 32.2. The highest BCUT2D eigenvalue weighted by Gasteiger charge is 2.47. The van der Waals surface area contributed by atoms with Crippen molar-refractivity contribution in [1.29, 1.82) is 0 Å². The molecule has 0 aliphatic carbocycles. The van der Waals surface area contributed by atoms with Gasteiger partial charge in [-0.1, -0.05) is 11.8 Å². The molecule has 1 fully saturated rings. The minimum Gasteiger partial charge on any atom is -0.462 e. The van der Waals surface area contributed by atoms with Crippen molar-refractivity contribution in [2.45, 2.75) is 76.0 Å². The first-order valence-corrected chi connectivity index (χ1v) is 12.5. The lowest BCUT2D eigenvalue weighted by atomic mass is 9.93. The van der Waals surface area contributed by atoms with Gasteiger partial charge in [0.15, 0.2) is 5.54 Å². The second kappa shape index (κ2) is 11.2. The van der Waals surface area contributed by atoms with Gasteiger partial charge in [-0.05, 0) is 71.6 Å². The van der Waals surface area contributed by atoms with Crippen molar-refractivity contribution in [2.24, 2.45) is 4.99 Å². The van der Waals surface area contributed by atoms with E-state index in [1.165, 1.54) is 11.8 Å². The van der Waals surface area contributed by atoms with Crippen LogP contribution >= 0.6 is 11.8 Å². The van der Waals surface area contributed by atoms with E-state index in [4.69, 9.17) is 9.47 Å². The van der Waals surface area contributed by atoms with Gasteiger partial charge in [-0.15, -0.1) is 0 Å². The molecule has 2 aliphatic rings. The molecular formula is C25H33N3O5S. The third-order valence-electron chi connectivity index (χ3n) is 5.55. The van der Waals surface area contributed by atoms with Crippen molar-refractivity contribution in [3.8, 4) is 0 Å². The summed E-state index contributed by atoms with van der Waals surface area (Å²) in [4.78, 5) is 50.1. The predicted octanol–water partition coefficient (Wildman–Crippen LogP) is 4.19. The summed E-state index contributed by atoms with van der Waals surface area (Å²) in [6.45, 7) is 8.86. The summed E-state index contributed by atoms with van der Waals surface area (Å²) in [7, 11) is 0. The maximum Gasteiger partial charge on any atom is 0.340 e. The Morgan fingerprint density at radius 1 is 1.18 bits per heavy atom. The zero-order valence-corrected chi connectivity index (χ0v) is 21.2. The summed E-state index contributed by atoms with van der Waals surface area (Å²) < 4.78 is 10.9. The third-order valence-corrected chi connectivity index (χ3v) is 6.76. The number of hydrogen-bond acceptors (Lipinski definition) is 8. The lowest BCUT2D eigenvalue weighted by Gasteiger charge is -2.32. The highest BCUT2D eigenvalue weighted by Crippen LogP contribution is 2.43. The van der Waals surface area contributed by atoms with Crippen molar-refractivity contribution >= 4 is 35.8 Å². The number of amides is 1. The monoisotopic (exact) mass is 487 g/mol. The van der Waals surface area contributed by atoms with Crippen molar-refractivity contribution in [3.05, 3.63) is 34.9 Å². The van der Waals surface area contributed by atoms with Gasteiger partial charge >= 0.3 is 11.9 Å². The Morgan fingerprint density at radius 3 is 2.59 bits per heavy atom. The molecule has 9 heteroatoms. The number of thioether (sulfide) groups is 1. The maximum absolute atomic E-state index is 13.5. The molecule has 0 saturated carbocycles. The second-order valence-electron chi connectivity index (χ2n) is 9.29. The molecule has 2 aliphatic heterocycles. The van der Waals surface area contributed by atoms with Crippen molar-refractivity contribution in [1.82, 2.24) is 9.88 Å². The predicted molar refractivity (Wildman–Crippen MR) is 131 cm³/mol. The maximum atomic E-state index is 13.5. The van der Waals surface area contributed by atoms with Gasteiger partial charge in [-0.2, -0.15) is 0 Å². The molecule has 1 atom stereocenters. The molecular weight excluding hydrogens is 454 g/mol. The molecule has 0 N–H and O–H groups in total. The summed E-state index contributed by atoms with van der Waals surface area (Å²) in [6, 6.07) is 3.30. The fourth-order valence-electron chi connectivity index (χ4n) is 3.89. The van der Waals surface area contributed by atoms with Crippen molar-refractivity contribution < 1.29 is 23.9 Å². The SMILES string of the molecule is CCOC(=O)c1cccnc1SC1=CC=NC1(CCC(=O)N1CCCCC1)C(=O)OC(C)(C)C. The molecule has 0 radical (unpaired) electrons. The number of aliphatic imine (C=N–C) groups is 1. The van der Waals surface area contributed by atoms with Crippen molar-refractivity contribution in [2.75, 3.05) is 19.7 Å². The van der Waals surface area contributed by atoms with Gasteiger partial charge in [0.2, 0.25) is 5.91 Å². The lowest BCUT2D eigenvalue weighted by molar-refractivity contribution is -0.159. The van der Waals surface area contributed by atoms with Gasteiger partial charge in [0.1, 0.15) is 10.6 Å². The number of aromatic nitrogens is 1. The average Bonchev–Trinajstić information content (AvgIpc) is 3.21. The number of piperidine rings is 1. The van der Waals surface area contributed by atoms with Gasteiger partial charge in [0.05, 0.1) is 12.2 Å². The molecule has 8 nitrogen and oxygen atoms in total. The van der Waals surface area contributed by atoms with E-state index in [1.54, 1.807) is 58.3 Å². The van der Waals surface area contributed by atoms with Gasteiger partial charge in [0, 0.05) is 36.8 Å². The summed E-state index contributed by atoms with van der Waals surface area (Å²) in [5.41, 5.74) is -1.78. The second-order valence-corrected chi connectivity index (χ2v) is 10.3. The van der Waals surface area contributed by atoms with Gasteiger partial charge < -0.3 is 14.4 Å². The van der Waals surface area contributed by atoms with Crippen LogP contribution in [0.2, 0.25) is 0 Å². The lowest BCUT2D eigenvalue weighted by Crippen LogP contribution is -2.44. The summed E-state index contributed by atoms with van der Waals surface area (Å²) >= 11 is 1.18. The van der Waals surface area contributed by atoms with Crippen molar-refractivity contribution in [3.63, 3.8) is 0 Å². The average molecular weight is 488 g/mol. The molecule has 1 amide bonds. The fraction of sp³-hybridized carbons (Fsp3) is 0.560. The van der Waals surface area contributed by atoms with Gasteiger partial charge in [0.25, 0.3) is 0 Å². The topological polar surface area (TPSA) is 98.2 Å². The summed E-state index contributed by atoms with van der Waals surface area (Å²) in [5, 5.41) is 0.410. The molecule has 34 heavy (non-hydrogen) atoms. The van der Waals surface area contributed by atoms with Gasteiger partial charge in [-0.3, -0.25) is 9.79 Å². The molecule has 3 rings (SSSR count). The Balaban J connectivity index is 1.87. The fourth-order valence-corrected chi connectivity index (χ4v) is 5.01. The third kappa shape index (κ3) is 6.25. The Kier molecular flexibility index (Phi) is 8.52. The van der Waals surface area contributed by atoms with E-state index >= 15 is 0 Å². The molecule has 1 aromatic heterocycles. The Bertz CT molecular complexity index is 979. The first-order valence-electron chi connectivity index (χ1n) is 11.7. The quantitative estimate of drug-likeness (QED) is 0.507. The Morgan fingerprint density at radius 2 is 1.91 bits per heavy atom. The van der Waals surface area contributed by atoms with E-state index in [1.807, 2.05) is 4.90 Å². The van der Waals surface area contributed by atoms with Crippen LogP contribution < -0.4 is 0 Å². The van der Waals surface area contributed by atoms with Crippen LogP contribution in [0.25, 0.3) is 0 Å². The number of carbonyl (C=O) groups is 3. The number of nitrogens with zero attached hydrogens (tertiary/aromatic N) is 3. The molecule has 1 aromatic rings. The van der Waals surface area contributed by atoms with Crippen LogP contribution in [-0.4, -0.2) is 64.8 Å². The number of carbonyl (C=O) groups excluding carboxylic acids is 3. The molecule has 3 heterocycles. The molecule has 0 aromatic carbocycles. The van der Waals surface area contributed by atoms with E-state index in [0.29, 0.717) is 15.5 Å². The van der Waals surface area contributed by atoms with Crippen LogP contribution in [0.4, 0.5) is 0 Å². The van der Waals surface area contributed by atoms with E-state index < -0.39 is 23.1 Å². The number of hydrogen-bond donors (Lipinski definition) is 0. The summed E-state index contributed by atoms with van der Waals surface area (Å²) in [5.74, 6) is -0.993. The molecule has 0 bridgehead atoms. The number of esters is 2. The van der Waals surface area contributed by atoms with Crippen LogP contribution in [0.5, 0.6) is 0 Å². The smallest absolute Gasteiger partial charge is 0.340 e. The van der Waals surface area contributed by atoms with Crippen LogP contribution in [0, 0.1) is 0 Å².